The van der Waals surface area contributed by atoms with Crippen molar-refractivity contribution in [1.82, 2.24) is 24.9 Å². The fourth-order valence-electron chi connectivity index (χ4n) is 3.93. The maximum Gasteiger partial charge on any atom is 0.276 e. The largest absolute Gasteiger partial charge is 0.481 e. The zero-order valence-corrected chi connectivity index (χ0v) is 16.2. The van der Waals surface area contributed by atoms with E-state index in [1.807, 2.05) is 21.7 Å². The third-order valence-corrected chi connectivity index (χ3v) is 5.71. The summed E-state index contributed by atoms with van der Waals surface area (Å²) in [5.41, 5.74) is 7.44. The monoisotopic (exact) mass is 385 g/mol. The summed E-state index contributed by atoms with van der Waals surface area (Å²) < 4.78 is 6.95. The second-order valence-electron chi connectivity index (χ2n) is 7.49. The maximum absolute atomic E-state index is 12.8. The topological polar surface area (TPSA) is 102 Å². The van der Waals surface area contributed by atoms with Crippen LogP contribution in [0.15, 0.2) is 24.5 Å². The Morgan fingerprint density at radius 2 is 1.89 bits per heavy atom. The van der Waals surface area contributed by atoms with Crippen molar-refractivity contribution in [2.24, 2.45) is 5.73 Å². The highest BCUT2D eigenvalue weighted by Crippen LogP contribution is 2.27. The van der Waals surface area contributed by atoms with Gasteiger partial charge in [-0.15, -0.1) is 5.10 Å². The number of nitrogens with zero attached hydrogens (tertiary/aromatic N) is 6. The Hall–Kier alpha value is -2.68. The molecule has 1 aliphatic carbocycles. The standard InChI is InChI=1S/C19H27N7O2/c1-28-18-7-6-16(12-21-18)24-8-10-25(11-9-24)19(27)17-13-26(23-22-17)15-4-2-14(20)3-5-15/h6-7,12-15H,2-5,8-11,20H2,1H3. The Morgan fingerprint density at radius 3 is 2.54 bits per heavy atom. The van der Waals surface area contributed by atoms with Gasteiger partial charge in [-0.2, -0.15) is 0 Å². The van der Waals surface area contributed by atoms with Gasteiger partial charge in [-0.1, -0.05) is 5.21 Å². The number of carbonyl (C=O) groups excluding carboxylic acids is 1. The Balaban J connectivity index is 1.33. The van der Waals surface area contributed by atoms with Crippen molar-refractivity contribution in [3.05, 3.63) is 30.2 Å². The number of ether oxygens (including phenoxy) is 1. The van der Waals surface area contributed by atoms with Gasteiger partial charge in [0.2, 0.25) is 5.88 Å². The summed E-state index contributed by atoms with van der Waals surface area (Å²) in [6.07, 6.45) is 7.58. The van der Waals surface area contributed by atoms with Gasteiger partial charge in [-0.3, -0.25) is 4.79 Å². The zero-order chi connectivity index (χ0) is 19.5. The lowest BCUT2D eigenvalue weighted by Crippen LogP contribution is -2.48. The van der Waals surface area contributed by atoms with Crippen LogP contribution < -0.4 is 15.4 Å². The van der Waals surface area contributed by atoms with E-state index in [1.165, 1.54) is 0 Å². The number of amides is 1. The lowest BCUT2D eigenvalue weighted by Gasteiger charge is -2.35. The Labute approximate surface area is 164 Å². The molecule has 150 valence electrons. The van der Waals surface area contributed by atoms with Crippen LogP contribution >= 0.6 is 0 Å². The van der Waals surface area contributed by atoms with Crippen LogP contribution in [0.25, 0.3) is 0 Å². The molecule has 2 N–H and O–H groups in total. The number of carbonyl (C=O) groups is 1. The molecule has 0 atom stereocenters. The average Bonchev–Trinajstić information content (AvgIpc) is 3.24. The maximum atomic E-state index is 12.8. The fourth-order valence-corrected chi connectivity index (χ4v) is 3.93. The van der Waals surface area contributed by atoms with E-state index in [1.54, 1.807) is 19.5 Å². The molecule has 1 amide bonds. The first-order valence-corrected chi connectivity index (χ1v) is 9.85. The predicted octanol–water partition coefficient (Wildman–Crippen LogP) is 1.09. The lowest BCUT2D eigenvalue weighted by molar-refractivity contribution is 0.0740. The first-order valence-electron chi connectivity index (χ1n) is 9.85. The molecule has 1 aliphatic heterocycles. The number of hydrogen-bond acceptors (Lipinski definition) is 7. The quantitative estimate of drug-likeness (QED) is 0.840. The van der Waals surface area contributed by atoms with E-state index in [9.17, 15) is 4.79 Å². The summed E-state index contributed by atoms with van der Waals surface area (Å²) in [6, 6.07) is 4.43. The number of pyridine rings is 1. The Kier molecular flexibility index (Phi) is 5.43. The van der Waals surface area contributed by atoms with Crippen LogP contribution in [0.1, 0.15) is 42.2 Å². The van der Waals surface area contributed by atoms with Crippen molar-refractivity contribution in [2.45, 2.75) is 37.8 Å². The van der Waals surface area contributed by atoms with E-state index >= 15 is 0 Å². The van der Waals surface area contributed by atoms with Crippen molar-refractivity contribution in [3.8, 4) is 5.88 Å². The van der Waals surface area contributed by atoms with Gasteiger partial charge in [0.15, 0.2) is 5.69 Å². The summed E-state index contributed by atoms with van der Waals surface area (Å²) >= 11 is 0. The van der Waals surface area contributed by atoms with Crippen molar-refractivity contribution in [1.29, 1.82) is 0 Å². The predicted molar refractivity (Wildman–Crippen MR) is 104 cm³/mol. The smallest absolute Gasteiger partial charge is 0.276 e. The Morgan fingerprint density at radius 1 is 1.14 bits per heavy atom. The van der Waals surface area contributed by atoms with Crippen molar-refractivity contribution < 1.29 is 9.53 Å². The number of aromatic nitrogens is 4. The minimum absolute atomic E-state index is 0.0498. The van der Waals surface area contributed by atoms with E-state index < -0.39 is 0 Å². The molecule has 2 aliphatic rings. The molecule has 4 rings (SSSR count). The third-order valence-electron chi connectivity index (χ3n) is 5.71. The molecule has 9 nitrogen and oxygen atoms in total. The molecule has 0 radical (unpaired) electrons. The van der Waals surface area contributed by atoms with Gasteiger partial charge in [0.1, 0.15) is 0 Å². The van der Waals surface area contributed by atoms with E-state index in [0.717, 1.165) is 44.5 Å². The van der Waals surface area contributed by atoms with Crippen LogP contribution in [0.2, 0.25) is 0 Å². The summed E-state index contributed by atoms with van der Waals surface area (Å²) in [4.78, 5) is 21.1. The molecular weight excluding hydrogens is 358 g/mol. The van der Waals surface area contributed by atoms with Crippen LogP contribution in [-0.4, -0.2) is 70.1 Å². The lowest BCUT2D eigenvalue weighted by atomic mass is 9.92. The number of piperazine rings is 1. The van der Waals surface area contributed by atoms with Gasteiger partial charge in [-0.25, -0.2) is 9.67 Å². The number of nitrogens with two attached hydrogens (primary N) is 1. The SMILES string of the molecule is COc1ccc(N2CCN(C(=O)c3cn(C4CCC(N)CC4)nn3)CC2)cn1. The molecule has 1 saturated carbocycles. The summed E-state index contributed by atoms with van der Waals surface area (Å²) in [7, 11) is 1.60. The summed E-state index contributed by atoms with van der Waals surface area (Å²) in [5.74, 6) is 0.548. The van der Waals surface area contributed by atoms with Gasteiger partial charge in [0.25, 0.3) is 5.91 Å². The molecule has 0 unspecified atom stereocenters. The van der Waals surface area contributed by atoms with Gasteiger partial charge < -0.3 is 20.3 Å². The number of hydrogen-bond donors (Lipinski definition) is 1. The van der Waals surface area contributed by atoms with Crippen molar-refractivity contribution in [3.63, 3.8) is 0 Å². The Bertz CT molecular complexity index is 791. The summed E-state index contributed by atoms with van der Waals surface area (Å²) in [6.45, 7) is 2.81. The molecule has 0 aromatic carbocycles. The molecule has 9 heteroatoms. The molecule has 2 aromatic rings. The molecule has 2 aromatic heterocycles. The van der Waals surface area contributed by atoms with E-state index in [-0.39, 0.29) is 11.9 Å². The van der Waals surface area contributed by atoms with Gasteiger partial charge in [0.05, 0.1) is 31.2 Å². The van der Waals surface area contributed by atoms with Crippen LogP contribution in [0, 0.1) is 0 Å². The van der Waals surface area contributed by atoms with Gasteiger partial charge in [-0.05, 0) is 31.7 Å². The first kappa shape index (κ1) is 18.7. The minimum Gasteiger partial charge on any atom is -0.481 e. The molecule has 2 fully saturated rings. The molecular formula is C19H27N7O2. The third kappa shape index (κ3) is 3.94. The molecule has 0 spiro atoms. The van der Waals surface area contributed by atoms with E-state index in [4.69, 9.17) is 10.5 Å². The highest BCUT2D eigenvalue weighted by molar-refractivity contribution is 5.92. The van der Waals surface area contributed by atoms with Crippen LogP contribution in [0.4, 0.5) is 5.69 Å². The average molecular weight is 385 g/mol. The summed E-state index contributed by atoms with van der Waals surface area (Å²) in [5, 5.41) is 8.34. The van der Waals surface area contributed by atoms with Crippen LogP contribution in [0.3, 0.4) is 0 Å². The molecule has 28 heavy (non-hydrogen) atoms. The van der Waals surface area contributed by atoms with E-state index in [2.05, 4.69) is 20.2 Å². The highest BCUT2D eigenvalue weighted by Gasteiger charge is 2.26. The van der Waals surface area contributed by atoms with Gasteiger partial charge in [0, 0.05) is 38.3 Å². The van der Waals surface area contributed by atoms with E-state index in [0.29, 0.717) is 30.7 Å². The molecule has 1 saturated heterocycles. The van der Waals surface area contributed by atoms with Crippen LogP contribution in [0.5, 0.6) is 5.88 Å². The van der Waals surface area contributed by atoms with Gasteiger partial charge >= 0.3 is 0 Å². The minimum atomic E-state index is -0.0498. The second-order valence-corrected chi connectivity index (χ2v) is 7.49. The molecule has 3 heterocycles. The van der Waals surface area contributed by atoms with Crippen molar-refractivity contribution in [2.75, 3.05) is 38.2 Å². The van der Waals surface area contributed by atoms with Crippen molar-refractivity contribution >= 4 is 11.6 Å². The normalized spacial score (nSPS) is 22.9. The number of rotatable bonds is 4. The molecule has 0 bridgehead atoms. The first-order chi connectivity index (χ1) is 13.6. The number of anilines is 1. The fraction of sp³-hybridized carbons (Fsp3) is 0.579. The van der Waals surface area contributed by atoms with Crippen LogP contribution in [-0.2, 0) is 0 Å². The highest BCUT2D eigenvalue weighted by atomic mass is 16.5. The second kappa shape index (κ2) is 8.14. The zero-order valence-electron chi connectivity index (χ0n) is 16.2. The number of methoxy groups -OCH3 is 1.